The molecule has 1 heterocycles. The van der Waals surface area contributed by atoms with Crippen LogP contribution in [0.15, 0.2) is 65.5 Å². The van der Waals surface area contributed by atoms with E-state index < -0.39 is 0 Å². The SMILES string of the molecule is Cc1c(C(=O)c2ccccc2)ccc(=O)n1-c1c(Cl)cccc1Cl. The van der Waals surface area contributed by atoms with Crippen LogP contribution in [0.5, 0.6) is 0 Å². The zero-order chi connectivity index (χ0) is 17.3. The van der Waals surface area contributed by atoms with Gasteiger partial charge < -0.3 is 0 Å². The van der Waals surface area contributed by atoms with Crippen LogP contribution in [0.3, 0.4) is 0 Å². The second-order valence-electron chi connectivity index (χ2n) is 5.27. The zero-order valence-electron chi connectivity index (χ0n) is 12.8. The number of halogens is 2. The Hall–Kier alpha value is -2.36. The number of pyridine rings is 1. The van der Waals surface area contributed by atoms with Crippen molar-refractivity contribution >= 4 is 29.0 Å². The summed E-state index contributed by atoms with van der Waals surface area (Å²) in [4.78, 5) is 25.1. The van der Waals surface area contributed by atoms with Gasteiger partial charge in [0.2, 0.25) is 0 Å². The number of aromatic nitrogens is 1. The maximum absolute atomic E-state index is 12.8. The van der Waals surface area contributed by atoms with E-state index in [1.54, 1.807) is 49.4 Å². The molecule has 0 fully saturated rings. The Morgan fingerprint density at radius 2 is 1.50 bits per heavy atom. The van der Waals surface area contributed by atoms with E-state index in [-0.39, 0.29) is 11.3 Å². The first-order valence-corrected chi connectivity index (χ1v) is 8.03. The summed E-state index contributed by atoms with van der Waals surface area (Å²) >= 11 is 12.5. The minimum atomic E-state index is -0.299. The van der Waals surface area contributed by atoms with Crippen molar-refractivity contribution in [2.75, 3.05) is 0 Å². The number of para-hydroxylation sites is 1. The Labute approximate surface area is 149 Å². The van der Waals surface area contributed by atoms with E-state index in [4.69, 9.17) is 23.2 Å². The lowest BCUT2D eigenvalue weighted by molar-refractivity contribution is 0.103. The number of benzene rings is 2. The Balaban J connectivity index is 2.24. The molecule has 3 nitrogen and oxygen atoms in total. The van der Waals surface area contributed by atoms with Crippen molar-refractivity contribution in [3.05, 3.63) is 97.9 Å². The quantitative estimate of drug-likeness (QED) is 0.638. The molecule has 0 spiro atoms. The van der Waals surface area contributed by atoms with Crippen molar-refractivity contribution in [3.8, 4) is 5.69 Å². The molecule has 0 atom stereocenters. The molecular weight excluding hydrogens is 345 g/mol. The van der Waals surface area contributed by atoms with E-state index >= 15 is 0 Å². The number of rotatable bonds is 3. The lowest BCUT2D eigenvalue weighted by Crippen LogP contribution is -2.23. The fourth-order valence-electron chi connectivity index (χ4n) is 2.60. The van der Waals surface area contributed by atoms with Crippen molar-refractivity contribution < 1.29 is 4.79 Å². The summed E-state index contributed by atoms with van der Waals surface area (Å²) in [6, 6.07) is 16.8. The average Bonchev–Trinajstić information content (AvgIpc) is 2.58. The average molecular weight is 358 g/mol. The summed E-state index contributed by atoms with van der Waals surface area (Å²) in [5, 5.41) is 0.689. The van der Waals surface area contributed by atoms with Gasteiger partial charge in [-0.1, -0.05) is 59.6 Å². The molecule has 0 N–H and O–H groups in total. The standard InChI is InChI=1S/C19H13Cl2NO2/c1-12-14(19(24)13-6-3-2-4-7-13)10-11-17(23)22(12)18-15(20)8-5-9-16(18)21/h2-11H,1H3. The molecule has 120 valence electrons. The Morgan fingerprint density at radius 1 is 0.875 bits per heavy atom. The minimum absolute atomic E-state index is 0.162. The zero-order valence-corrected chi connectivity index (χ0v) is 14.3. The van der Waals surface area contributed by atoms with Crippen LogP contribution < -0.4 is 5.56 Å². The van der Waals surface area contributed by atoms with Crippen LogP contribution in [-0.4, -0.2) is 10.4 Å². The van der Waals surface area contributed by atoms with E-state index in [0.29, 0.717) is 32.6 Å². The van der Waals surface area contributed by atoms with Gasteiger partial charge in [0.15, 0.2) is 5.78 Å². The van der Waals surface area contributed by atoms with Gasteiger partial charge >= 0.3 is 0 Å². The summed E-state index contributed by atoms with van der Waals surface area (Å²) in [5.41, 5.74) is 1.55. The van der Waals surface area contributed by atoms with Crippen molar-refractivity contribution in [2.45, 2.75) is 6.92 Å². The highest BCUT2D eigenvalue weighted by atomic mass is 35.5. The molecule has 0 unspecified atom stereocenters. The second-order valence-corrected chi connectivity index (χ2v) is 6.09. The first-order valence-electron chi connectivity index (χ1n) is 7.27. The molecule has 3 rings (SSSR count). The Kier molecular flexibility index (Phi) is 4.56. The molecule has 0 amide bonds. The van der Waals surface area contributed by atoms with Crippen LogP contribution in [-0.2, 0) is 0 Å². The highest BCUT2D eigenvalue weighted by molar-refractivity contribution is 6.37. The lowest BCUT2D eigenvalue weighted by atomic mass is 10.0. The van der Waals surface area contributed by atoms with Gasteiger partial charge in [-0.25, -0.2) is 0 Å². The first kappa shape index (κ1) is 16.5. The highest BCUT2D eigenvalue weighted by Gasteiger charge is 2.18. The number of carbonyl (C=O) groups excluding carboxylic acids is 1. The molecule has 1 aromatic heterocycles. The molecule has 24 heavy (non-hydrogen) atoms. The van der Waals surface area contributed by atoms with Crippen molar-refractivity contribution in [3.63, 3.8) is 0 Å². The fourth-order valence-corrected chi connectivity index (χ4v) is 3.17. The summed E-state index contributed by atoms with van der Waals surface area (Å²) in [7, 11) is 0. The third-order valence-corrected chi connectivity index (χ3v) is 4.39. The summed E-state index contributed by atoms with van der Waals surface area (Å²) < 4.78 is 1.38. The number of ketones is 1. The van der Waals surface area contributed by atoms with Crippen molar-refractivity contribution in [2.24, 2.45) is 0 Å². The number of carbonyl (C=O) groups is 1. The summed E-state index contributed by atoms with van der Waals surface area (Å²) in [5.74, 6) is -0.162. The van der Waals surface area contributed by atoms with Gasteiger partial charge in [-0.2, -0.15) is 0 Å². The predicted octanol–water partition coefficient (Wildman–Crippen LogP) is 4.68. The van der Waals surface area contributed by atoms with Crippen LogP contribution in [0, 0.1) is 6.92 Å². The van der Waals surface area contributed by atoms with Gasteiger partial charge in [-0.3, -0.25) is 14.2 Å². The molecule has 0 aliphatic rings. The van der Waals surface area contributed by atoms with E-state index in [0.717, 1.165) is 0 Å². The summed E-state index contributed by atoms with van der Waals surface area (Å²) in [6.07, 6.45) is 0. The van der Waals surface area contributed by atoms with Crippen molar-refractivity contribution in [1.82, 2.24) is 4.57 Å². The third-order valence-electron chi connectivity index (χ3n) is 3.78. The second kappa shape index (κ2) is 6.63. The largest absolute Gasteiger partial charge is 0.289 e. The maximum Gasteiger partial charge on any atom is 0.255 e. The monoisotopic (exact) mass is 357 g/mol. The maximum atomic E-state index is 12.8. The molecule has 0 saturated carbocycles. The van der Waals surface area contributed by atoms with Crippen LogP contribution in [0.1, 0.15) is 21.6 Å². The first-order chi connectivity index (χ1) is 11.5. The van der Waals surface area contributed by atoms with Gasteiger partial charge in [0, 0.05) is 22.9 Å². The Morgan fingerprint density at radius 3 is 2.12 bits per heavy atom. The van der Waals surface area contributed by atoms with Gasteiger partial charge in [-0.15, -0.1) is 0 Å². The third kappa shape index (κ3) is 2.88. The van der Waals surface area contributed by atoms with Crippen LogP contribution >= 0.6 is 23.2 Å². The molecule has 3 aromatic rings. The smallest absolute Gasteiger partial charge is 0.255 e. The topological polar surface area (TPSA) is 39.1 Å². The molecule has 0 bridgehead atoms. The van der Waals surface area contributed by atoms with Crippen LogP contribution in [0.25, 0.3) is 5.69 Å². The van der Waals surface area contributed by atoms with Gasteiger partial charge in [0.05, 0.1) is 15.7 Å². The minimum Gasteiger partial charge on any atom is -0.289 e. The van der Waals surface area contributed by atoms with E-state index in [1.165, 1.54) is 16.7 Å². The van der Waals surface area contributed by atoms with E-state index in [1.807, 2.05) is 6.07 Å². The molecule has 0 saturated heterocycles. The number of hydrogen-bond acceptors (Lipinski definition) is 2. The van der Waals surface area contributed by atoms with Gasteiger partial charge in [-0.05, 0) is 25.1 Å². The highest BCUT2D eigenvalue weighted by Crippen LogP contribution is 2.29. The fraction of sp³-hybridized carbons (Fsp3) is 0.0526. The molecular formula is C19H13Cl2NO2. The molecule has 0 aliphatic carbocycles. The van der Waals surface area contributed by atoms with Crippen molar-refractivity contribution in [1.29, 1.82) is 0 Å². The molecule has 0 radical (unpaired) electrons. The summed E-state index contributed by atoms with van der Waals surface area (Å²) in [6.45, 7) is 1.71. The molecule has 2 aromatic carbocycles. The predicted molar refractivity (Wildman–Crippen MR) is 96.7 cm³/mol. The normalized spacial score (nSPS) is 10.6. The Bertz CT molecular complexity index is 958. The number of hydrogen-bond donors (Lipinski definition) is 0. The van der Waals surface area contributed by atoms with Crippen LogP contribution in [0.2, 0.25) is 10.0 Å². The lowest BCUT2D eigenvalue weighted by Gasteiger charge is -2.16. The molecule has 0 aliphatic heterocycles. The van der Waals surface area contributed by atoms with Gasteiger partial charge in [0.1, 0.15) is 0 Å². The number of nitrogens with zero attached hydrogens (tertiary/aromatic N) is 1. The van der Waals surface area contributed by atoms with E-state index in [9.17, 15) is 9.59 Å². The molecule has 5 heteroatoms. The van der Waals surface area contributed by atoms with E-state index in [2.05, 4.69) is 0 Å². The van der Waals surface area contributed by atoms with Gasteiger partial charge in [0.25, 0.3) is 5.56 Å². The van der Waals surface area contributed by atoms with Crippen LogP contribution in [0.4, 0.5) is 0 Å².